The zero-order chi connectivity index (χ0) is 20.5. The lowest BCUT2D eigenvalue weighted by Gasteiger charge is -2.09. The highest BCUT2D eigenvalue weighted by Crippen LogP contribution is 2.18. The highest BCUT2D eigenvalue weighted by atomic mass is 16.5. The van der Waals surface area contributed by atoms with Crippen LogP contribution in [0.1, 0.15) is 32.0 Å². The molecule has 0 atom stereocenters. The number of para-hydroxylation sites is 2. The molecule has 6 heteroatoms. The molecular weight excluding hydrogens is 366 g/mol. The van der Waals surface area contributed by atoms with Crippen molar-refractivity contribution >= 4 is 16.9 Å². The van der Waals surface area contributed by atoms with Crippen LogP contribution >= 0.6 is 0 Å². The van der Waals surface area contributed by atoms with Crippen LogP contribution < -0.4 is 14.8 Å². The Morgan fingerprint density at radius 2 is 1.86 bits per heavy atom. The third-order valence-corrected chi connectivity index (χ3v) is 4.73. The molecule has 0 fully saturated rings. The largest absolute Gasteiger partial charge is 0.497 e. The molecule has 0 spiro atoms. The van der Waals surface area contributed by atoms with Gasteiger partial charge in [0.25, 0.3) is 0 Å². The van der Waals surface area contributed by atoms with E-state index in [-0.39, 0.29) is 5.91 Å². The van der Waals surface area contributed by atoms with Crippen LogP contribution in [0.5, 0.6) is 11.5 Å². The van der Waals surface area contributed by atoms with Gasteiger partial charge < -0.3 is 19.4 Å². The van der Waals surface area contributed by atoms with Crippen molar-refractivity contribution in [1.29, 1.82) is 0 Å². The highest BCUT2D eigenvalue weighted by molar-refractivity contribution is 5.76. The Labute approximate surface area is 171 Å². The summed E-state index contributed by atoms with van der Waals surface area (Å²) >= 11 is 0. The number of hydrogen-bond acceptors (Lipinski definition) is 4. The summed E-state index contributed by atoms with van der Waals surface area (Å²) in [6, 6.07) is 15.6. The lowest BCUT2D eigenvalue weighted by Crippen LogP contribution is -2.26. The van der Waals surface area contributed by atoms with E-state index in [9.17, 15) is 4.79 Å². The summed E-state index contributed by atoms with van der Waals surface area (Å²) in [5.41, 5.74) is 2.17. The standard InChI is InChI=1S/C23H29N3O3/c1-3-16-26-21-8-5-4-7-20(21)25-22(26)14-15-24-23(27)9-6-17-29-19-12-10-18(28-2)11-13-19/h4-5,7-8,10-13H,3,6,9,14-17H2,1-2H3,(H,24,27). The summed E-state index contributed by atoms with van der Waals surface area (Å²) in [6.45, 7) is 4.19. The van der Waals surface area contributed by atoms with E-state index in [1.165, 1.54) is 0 Å². The quantitative estimate of drug-likeness (QED) is 0.499. The second kappa shape index (κ2) is 10.5. The molecule has 1 N–H and O–H groups in total. The fourth-order valence-electron chi connectivity index (χ4n) is 3.29. The van der Waals surface area contributed by atoms with Gasteiger partial charge in [0.2, 0.25) is 5.91 Å². The molecule has 6 nitrogen and oxygen atoms in total. The smallest absolute Gasteiger partial charge is 0.220 e. The Balaban J connectivity index is 1.39. The number of nitrogens with one attached hydrogen (secondary N) is 1. The Morgan fingerprint density at radius 1 is 1.10 bits per heavy atom. The first-order valence-corrected chi connectivity index (χ1v) is 10.2. The normalized spacial score (nSPS) is 10.8. The van der Waals surface area contributed by atoms with Gasteiger partial charge in [-0.15, -0.1) is 0 Å². The fourth-order valence-corrected chi connectivity index (χ4v) is 3.29. The predicted octanol–water partition coefficient (Wildman–Crippen LogP) is 3.97. The number of aryl methyl sites for hydroxylation is 1. The van der Waals surface area contributed by atoms with Gasteiger partial charge in [0, 0.05) is 25.9 Å². The summed E-state index contributed by atoms with van der Waals surface area (Å²) in [6.07, 6.45) is 2.89. The summed E-state index contributed by atoms with van der Waals surface area (Å²) in [4.78, 5) is 16.8. The number of ether oxygens (including phenoxy) is 2. The average molecular weight is 396 g/mol. The molecule has 0 saturated heterocycles. The van der Waals surface area contributed by atoms with Gasteiger partial charge in [-0.3, -0.25) is 4.79 Å². The SMILES string of the molecule is CCCn1c(CCNC(=O)CCCOc2ccc(OC)cc2)nc2ccccc21. The van der Waals surface area contributed by atoms with Crippen LogP contribution in [0.2, 0.25) is 0 Å². The van der Waals surface area contributed by atoms with E-state index in [1.807, 2.05) is 42.5 Å². The zero-order valence-corrected chi connectivity index (χ0v) is 17.2. The van der Waals surface area contributed by atoms with Gasteiger partial charge in [0.1, 0.15) is 17.3 Å². The molecule has 2 aromatic carbocycles. The van der Waals surface area contributed by atoms with Gasteiger partial charge in [0.15, 0.2) is 0 Å². The molecule has 0 unspecified atom stereocenters. The summed E-state index contributed by atoms with van der Waals surface area (Å²) in [5.74, 6) is 2.64. The lowest BCUT2D eigenvalue weighted by molar-refractivity contribution is -0.121. The molecular formula is C23H29N3O3. The number of aromatic nitrogens is 2. The summed E-state index contributed by atoms with van der Waals surface area (Å²) in [7, 11) is 1.63. The molecule has 0 bridgehead atoms. The van der Waals surface area contributed by atoms with Crippen molar-refractivity contribution in [2.75, 3.05) is 20.3 Å². The Morgan fingerprint density at radius 3 is 2.62 bits per heavy atom. The van der Waals surface area contributed by atoms with Gasteiger partial charge in [-0.2, -0.15) is 0 Å². The molecule has 29 heavy (non-hydrogen) atoms. The van der Waals surface area contributed by atoms with Crippen molar-refractivity contribution in [3.8, 4) is 11.5 Å². The van der Waals surface area contributed by atoms with E-state index >= 15 is 0 Å². The average Bonchev–Trinajstić information content (AvgIpc) is 3.09. The first-order valence-electron chi connectivity index (χ1n) is 10.2. The maximum Gasteiger partial charge on any atom is 0.220 e. The number of methoxy groups -OCH3 is 1. The topological polar surface area (TPSA) is 65.4 Å². The van der Waals surface area contributed by atoms with Crippen LogP contribution in [0.15, 0.2) is 48.5 Å². The lowest BCUT2D eigenvalue weighted by atomic mass is 10.3. The highest BCUT2D eigenvalue weighted by Gasteiger charge is 2.10. The molecule has 3 aromatic rings. The minimum atomic E-state index is 0.0430. The third-order valence-electron chi connectivity index (χ3n) is 4.73. The maximum atomic E-state index is 12.1. The van der Waals surface area contributed by atoms with Gasteiger partial charge in [-0.25, -0.2) is 4.98 Å². The summed E-state index contributed by atoms with van der Waals surface area (Å²) in [5, 5.41) is 2.99. The first-order chi connectivity index (χ1) is 14.2. The number of benzene rings is 2. The molecule has 3 rings (SSSR count). The Kier molecular flexibility index (Phi) is 7.50. The molecule has 0 aliphatic rings. The fraction of sp³-hybridized carbons (Fsp3) is 0.391. The van der Waals surface area contributed by atoms with Crippen LogP contribution in [-0.4, -0.2) is 35.7 Å². The van der Waals surface area contributed by atoms with Crippen molar-refractivity contribution in [2.24, 2.45) is 0 Å². The van der Waals surface area contributed by atoms with Crippen LogP contribution in [0, 0.1) is 0 Å². The molecule has 0 saturated carbocycles. The van der Waals surface area contributed by atoms with E-state index in [1.54, 1.807) is 7.11 Å². The summed E-state index contributed by atoms with van der Waals surface area (Å²) < 4.78 is 13.0. The van der Waals surface area contributed by atoms with Crippen LogP contribution in [0.4, 0.5) is 0 Å². The number of carbonyl (C=O) groups is 1. The van der Waals surface area contributed by atoms with E-state index in [0.717, 1.165) is 47.7 Å². The predicted molar refractivity (Wildman–Crippen MR) is 114 cm³/mol. The minimum absolute atomic E-state index is 0.0430. The first kappa shape index (κ1) is 20.7. The molecule has 0 aliphatic carbocycles. The Bertz CT molecular complexity index is 919. The number of amides is 1. The number of carbonyl (C=O) groups excluding carboxylic acids is 1. The monoisotopic (exact) mass is 395 g/mol. The number of imidazole rings is 1. The van der Waals surface area contributed by atoms with Crippen molar-refractivity contribution in [3.63, 3.8) is 0 Å². The zero-order valence-electron chi connectivity index (χ0n) is 17.2. The van der Waals surface area contributed by atoms with Crippen molar-refractivity contribution in [2.45, 2.75) is 39.2 Å². The number of hydrogen-bond donors (Lipinski definition) is 1. The molecule has 0 aliphatic heterocycles. The van der Waals surface area contributed by atoms with Crippen molar-refractivity contribution < 1.29 is 14.3 Å². The third kappa shape index (κ3) is 5.73. The van der Waals surface area contributed by atoms with E-state index in [2.05, 4.69) is 22.9 Å². The van der Waals surface area contributed by atoms with Gasteiger partial charge in [-0.1, -0.05) is 19.1 Å². The van der Waals surface area contributed by atoms with E-state index < -0.39 is 0 Å². The number of fused-ring (bicyclic) bond motifs is 1. The van der Waals surface area contributed by atoms with Crippen molar-refractivity contribution in [1.82, 2.24) is 14.9 Å². The molecule has 154 valence electrons. The maximum absolute atomic E-state index is 12.1. The molecule has 1 amide bonds. The van der Waals surface area contributed by atoms with Gasteiger partial charge in [0.05, 0.1) is 24.8 Å². The van der Waals surface area contributed by atoms with Gasteiger partial charge >= 0.3 is 0 Å². The number of nitrogens with zero attached hydrogens (tertiary/aromatic N) is 2. The minimum Gasteiger partial charge on any atom is -0.497 e. The second-order valence-corrected chi connectivity index (χ2v) is 6.90. The van der Waals surface area contributed by atoms with E-state index in [0.29, 0.717) is 26.0 Å². The molecule has 0 radical (unpaired) electrons. The van der Waals surface area contributed by atoms with Crippen molar-refractivity contribution in [3.05, 3.63) is 54.4 Å². The van der Waals surface area contributed by atoms with Gasteiger partial charge in [-0.05, 0) is 49.2 Å². The van der Waals surface area contributed by atoms with Crippen LogP contribution in [-0.2, 0) is 17.8 Å². The van der Waals surface area contributed by atoms with Crippen LogP contribution in [0.3, 0.4) is 0 Å². The number of rotatable bonds is 11. The van der Waals surface area contributed by atoms with Crippen LogP contribution in [0.25, 0.3) is 11.0 Å². The molecule has 1 heterocycles. The Hall–Kier alpha value is -3.02. The van der Waals surface area contributed by atoms with E-state index in [4.69, 9.17) is 14.5 Å². The second-order valence-electron chi connectivity index (χ2n) is 6.90. The molecule has 1 aromatic heterocycles.